The van der Waals surface area contributed by atoms with E-state index in [1.54, 1.807) is 4.90 Å². The number of hydrogen-bond acceptors (Lipinski definition) is 4. The predicted molar refractivity (Wildman–Crippen MR) is 97.4 cm³/mol. The van der Waals surface area contributed by atoms with Gasteiger partial charge >= 0.3 is 5.69 Å². The topological polar surface area (TPSA) is 95.3 Å². The number of benzene rings is 1. The Morgan fingerprint density at radius 1 is 1.31 bits per heavy atom. The second-order valence-corrected chi connectivity index (χ2v) is 6.70. The quantitative estimate of drug-likeness (QED) is 0.841. The van der Waals surface area contributed by atoms with E-state index in [9.17, 15) is 14.4 Å². The van der Waals surface area contributed by atoms with Gasteiger partial charge in [0.2, 0.25) is 5.91 Å². The minimum absolute atomic E-state index is 0.0164. The van der Waals surface area contributed by atoms with Crippen LogP contribution in [0, 0.1) is 12.8 Å². The summed E-state index contributed by atoms with van der Waals surface area (Å²) in [6.45, 7) is 3.87. The number of likely N-dealkylation sites (tertiary alicyclic amines) is 1. The molecule has 1 aliphatic rings. The Labute approximate surface area is 151 Å². The number of hydrogen-bond donors (Lipinski definition) is 2. The summed E-state index contributed by atoms with van der Waals surface area (Å²) in [6, 6.07) is 7.87. The number of amides is 1. The smallest absolute Gasteiger partial charge is 0.325 e. The number of rotatable bonds is 5. The van der Waals surface area contributed by atoms with Crippen molar-refractivity contribution in [1.29, 1.82) is 0 Å². The van der Waals surface area contributed by atoms with Crippen molar-refractivity contribution in [3.05, 3.63) is 62.4 Å². The van der Waals surface area contributed by atoms with E-state index >= 15 is 0 Å². The average molecular weight is 357 g/mol. The lowest BCUT2D eigenvalue weighted by molar-refractivity contribution is -0.132. The second-order valence-electron chi connectivity index (χ2n) is 6.70. The highest BCUT2D eigenvalue weighted by Crippen LogP contribution is 2.21. The summed E-state index contributed by atoms with van der Waals surface area (Å²) in [7, 11) is 0. The number of piperidine rings is 1. The van der Waals surface area contributed by atoms with Crippen LogP contribution in [-0.4, -0.2) is 40.5 Å². The van der Waals surface area contributed by atoms with Gasteiger partial charge in [-0.05, 0) is 31.4 Å². The Kier molecular flexibility index (Phi) is 5.55. The summed E-state index contributed by atoms with van der Waals surface area (Å²) < 4.78 is 5.92. The number of para-hydroxylation sites is 1. The Balaban J connectivity index is 1.57. The zero-order valence-corrected chi connectivity index (χ0v) is 14.8. The lowest BCUT2D eigenvalue weighted by atomic mass is 9.98. The summed E-state index contributed by atoms with van der Waals surface area (Å²) in [5.74, 6) is 1.03. The molecule has 1 amide bonds. The fourth-order valence-corrected chi connectivity index (χ4v) is 3.20. The van der Waals surface area contributed by atoms with E-state index in [4.69, 9.17) is 4.74 Å². The number of nitrogens with zero attached hydrogens (tertiary/aromatic N) is 1. The molecule has 2 heterocycles. The molecular weight excluding hydrogens is 334 g/mol. The maximum absolute atomic E-state index is 12.5. The molecule has 7 nitrogen and oxygen atoms in total. The van der Waals surface area contributed by atoms with Gasteiger partial charge in [0.25, 0.3) is 5.56 Å². The van der Waals surface area contributed by atoms with E-state index in [2.05, 4.69) is 9.97 Å². The van der Waals surface area contributed by atoms with Crippen molar-refractivity contribution in [3.63, 3.8) is 0 Å². The Hall–Kier alpha value is -2.83. The van der Waals surface area contributed by atoms with E-state index < -0.39 is 11.2 Å². The Bertz CT molecular complexity index is 887. The molecule has 7 heteroatoms. The number of H-pyrrole nitrogens is 2. The number of carbonyl (C=O) groups excluding carboxylic acids is 1. The molecule has 26 heavy (non-hydrogen) atoms. The van der Waals surface area contributed by atoms with E-state index in [1.807, 2.05) is 31.2 Å². The highest BCUT2D eigenvalue weighted by molar-refractivity contribution is 5.78. The Morgan fingerprint density at radius 3 is 2.88 bits per heavy atom. The molecule has 1 saturated heterocycles. The summed E-state index contributed by atoms with van der Waals surface area (Å²) >= 11 is 0. The first-order valence-corrected chi connectivity index (χ1v) is 8.80. The van der Waals surface area contributed by atoms with Crippen LogP contribution in [0.2, 0.25) is 0 Å². The summed E-state index contributed by atoms with van der Waals surface area (Å²) in [6.07, 6.45) is 3.21. The van der Waals surface area contributed by atoms with Crippen molar-refractivity contribution < 1.29 is 9.53 Å². The van der Waals surface area contributed by atoms with Crippen molar-refractivity contribution in [2.75, 3.05) is 19.7 Å². The Morgan fingerprint density at radius 2 is 2.12 bits per heavy atom. The van der Waals surface area contributed by atoms with Gasteiger partial charge in [0.1, 0.15) is 5.75 Å². The van der Waals surface area contributed by atoms with E-state index in [-0.39, 0.29) is 23.8 Å². The summed E-state index contributed by atoms with van der Waals surface area (Å²) in [4.78, 5) is 41.7. The third-order valence-electron chi connectivity index (χ3n) is 4.68. The first-order chi connectivity index (χ1) is 12.5. The number of aryl methyl sites for hydroxylation is 1. The van der Waals surface area contributed by atoms with Gasteiger partial charge in [-0.25, -0.2) is 4.79 Å². The van der Waals surface area contributed by atoms with Crippen molar-refractivity contribution in [2.45, 2.75) is 26.2 Å². The molecule has 1 aliphatic heterocycles. The van der Waals surface area contributed by atoms with Crippen LogP contribution in [0.3, 0.4) is 0 Å². The minimum atomic E-state index is -0.572. The molecule has 2 N–H and O–H groups in total. The van der Waals surface area contributed by atoms with E-state index in [0.29, 0.717) is 19.7 Å². The zero-order chi connectivity index (χ0) is 18.5. The second kappa shape index (κ2) is 8.03. The molecule has 1 fully saturated rings. The minimum Gasteiger partial charge on any atom is -0.493 e. The molecule has 1 atom stereocenters. The molecule has 3 rings (SSSR count). The molecule has 138 valence electrons. The van der Waals surface area contributed by atoms with Crippen molar-refractivity contribution >= 4 is 5.91 Å². The predicted octanol–water partition coefficient (Wildman–Crippen LogP) is 1.23. The maximum Gasteiger partial charge on any atom is 0.325 e. The number of nitrogens with one attached hydrogen (secondary N) is 2. The molecule has 0 saturated carbocycles. The number of ether oxygens (including phenoxy) is 1. The summed E-state index contributed by atoms with van der Waals surface area (Å²) in [5, 5.41) is 0. The van der Waals surface area contributed by atoms with Crippen LogP contribution in [0.25, 0.3) is 0 Å². The van der Waals surface area contributed by atoms with Crippen LogP contribution in [-0.2, 0) is 11.2 Å². The maximum atomic E-state index is 12.5. The largest absolute Gasteiger partial charge is 0.493 e. The highest BCUT2D eigenvalue weighted by atomic mass is 16.5. The highest BCUT2D eigenvalue weighted by Gasteiger charge is 2.24. The lowest BCUT2D eigenvalue weighted by Gasteiger charge is -2.32. The third kappa shape index (κ3) is 4.41. The normalized spacial score (nSPS) is 17.1. The average Bonchev–Trinajstić information content (AvgIpc) is 2.63. The van der Waals surface area contributed by atoms with Gasteiger partial charge in [-0.2, -0.15) is 0 Å². The van der Waals surface area contributed by atoms with Crippen LogP contribution in [0.4, 0.5) is 0 Å². The van der Waals surface area contributed by atoms with Gasteiger partial charge in [-0.15, -0.1) is 0 Å². The number of aromatic amines is 2. The van der Waals surface area contributed by atoms with Gasteiger partial charge in [0.05, 0.1) is 13.0 Å². The third-order valence-corrected chi connectivity index (χ3v) is 4.68. The molecule has 0 spiro atoms. The van der Waals surface area contributed by atoms with Crippen LogP contribution in [0.15, 0.2) is 40.1 Å². The van der Waals surface area contributed by atoms with E-state index in [0.717, 1.165) is 24.2 Å². The first kappa shape index (κ1) is 18.0. The lowest BCUT2D eigenvalue weighted by Crippen LogP contribution is -2.43. The van der Waals surface area contributed by atoms with Gasteiger partial charge in [-0.3, -0.25) is 14.6 Å². The van der Waals surface area contributed by atoms with Crippen LogP contribution >= 0.6 is 0 Å². The number of carbonyl (C=O) groups is 1. The molecular formula is C19H23N3O4. The monoisotopic (exact) mass is 357 g/mol. The molecule has 2 aromatic rings. The SMILES string of the molecule is Cc1ccccc1OCC1CCCN(C(=O)Cc2c[nH]c(=O)[nH]c2=O)C1. The van der Waals surface area contributed by atoms with Crippen LogP contribution in [0.1, 0.15) is 24.0 Å². The van der Waals surface area contributed by atoms with E-state index in [1.165, 1.54) is 6.20 Å². The molecule has 0 radical (unpaired) electrons. The fourth-order valence-electron chi connectivity index (χ4n) is 3.20. The van der Waals surface area contributed by atoms with Crippen molar-refractivity contribution in [3.8, 4) is 5.75 Å². The van der Waals surface area contributed by atoms with Gasteiger partial charge in [0.15, 0.2) is 0 Å². The van der Waals surface area contributed by atoms with Gasteiger partial charge < -0.3 is 14.6 Å². The number of aromatic nitrogens is 2. The van der Waals surface area contributed by atoms with Gasteiger partial charge in [0, 0.05) is 30.8 Å². The summed E-state index contributed by atoms with van der Waals surface area (Å²) in [5.41, 5.74) is 0.276. The standard InChI is InChI=1S/C19H23N3O4/c1-13-5-2-3-7-16(13)26-12-14-6-4-8-22(11-14)17(23)9-15-10-20-19(25)21-18(15)24/h2-3,5,7,10,14H,4,6,8-9,11-12H2,1H3,(H2,20,21,24,25). The van der Waals surface area contributed by atoms with Crippen LogP contribution in [0.5, 0.6) is 5.75 Å². The fraction of sp³-hybridized carbons (Fsp3) is 0.421. The first-order valence-electron chi connectivity index (χ1n) is 8.80. The van der Waals surface area contributed by atoms with Crippen molar-refractivity contribution in [1.82, 2.24) is 14.9 Å². The van der Waals surface area contributed by atoms with Crippen molar-refractivity contribution in [2.24, 2.45) is 5.92 Å². The molecule has 0 aliphatic carbocycles. The molecule has 1 unspecified atom stereocenters. The zero-order valence-electron chi connectivity index (χ0n) is 14.8. The van der Waals surface area contributed by atoms with Gasteiger partial charge in [-0.1, -0.05) is 18.2 Å². The molecule has 1 aromatic carbocycles. The van der Waals surface area contributed by atoms with Crippen LogP contribution < -0.4 is 16.0 Å². The molecule has 0 bridgehead atoms. The molecule has 1 aromatic heterocycles.